The van der Waals surface area contributed by atoms with E-state index >= 15 is 0 Å². The van der Waals surface area contributed by atoms with Gasteiger partial charge in [0.25, 0.3) is 0 Å². The Morgan fingerprint density at radius 1 is 0.232 bits per heavy atom. The van der Waals surface area contributed by atoms with Crippen LogP contribution in [0.4, 0.5) is 17.1 Å². The Hall–Kier alpha value is -9.18. The lowest BCUT2D eigenvalue weighted by atomic mass is 9.88. The van der Waals surface area contributed by atoms with E-state index in [1.165, 1.54) is 65.9 Å². The molecule has 0 unspecified atom stereocenters. The minimum atomic E-state index is 1.07. The first-order valence-corrected chi connectivity index (χ1v) is 23.7. The molecule has 3 nitrogen and oxygen atoms in total. The number of nitrogens with zero attached hydrogens (tertiary/aromatic N) is 3. The summed E-state index contributed by atoms with van der Waals surface area (Å²) in [7, 11) is 0. The van der Waals surface area contributed by atoms with Crippen molar-refractivity contribution in [2.24, 2.45) is 0 Å². The molecule has 13 rings (SSSR count). The molecule has 0 saturated heterocycles. The van der Waals surface area contributed by atoms with Gasteiger partial charge in [-0.05, 0) is 112 Å². The molecule has 69 heavy (non-hydrogen) atoms. The Labute approximate surface area is 401 Å². The number of hydrogen-bond donors (Lipinski definition) is 0. The zero-order valence-corrected chi connectivity index (χ0v) is 37.8. The Morgan fingerprint density at radius 3 is 1.28 bits per heavy atom. The summed E-state index contributed by atoms with van der Waals surface area (Å²) in [5.41, 5.74) is 19.7. The van der Waals surface area contributed by atoms with E-state index in [1.807, 2.05) is 0 Å². The number of fused-ring (bicyclic) bond motifs is 6. The molecule has 0 aliphatic rings. The molecular formula is C66H45N3. The van der Waals surface area contributed by atoms with E-state index in [-0.39, 0.29) is 0 Å². The average Bonchev–Trinajstić information content (AvgIpc) is 3.95. The van der Waals surface area contributed by atoms with E-state index in [1.54, 1.807) is 0 Å². The fourth-order valence-corrected chi connectivity index (χ4v) is 10.7. The van der Waals surface area contributed by atoms with Crippen LogP contribution in [0.15, 0.2) is 273 Å². The molecule has 13 aromatic rings. The number of aromatic nitrogens is 2. The van der Waals surface area contributed by atoms with Crippen LogP contribution in [-0.4, -0.2) is 9.13 Å². The van der Waals surface area contributed by atoms with Gasteiger partial charge in [0.2, 0.25) is 0 Å². The van der Waals surface area contributed by atoms with E-state index in [4.69, 9.17) is 0 Å². The topological polar surface area (TPSA) is 13.1 Å². The maximum Gasteiger partial charge on any atom is 0.0562 e. The molecule has 2 heterocycles. The van der Waals surface area contributed by atoms with Gasteiger partial charge in [0, 0.05) is 44.2 Å². The highest BCUT2D eigenvalue weighted by molar-refractivity contribution is 6.17. The van der Waals surface area contributed by atoms with Crippen molar-refractivity contribution < 1.29 is 0 Å². The molecule has 0 bridgehead atoms. The third kappa shape index (κ3) is 6.82. The normalized spacial score (nSPS) is 11.5. The van der Waals surface area contributed by atoms with Crippen molar-refractivity contribution in [3.8, 4) is 55.9 Å². The van der Waals surface area contributed by atoms with Crippen molar-refractivity contribution in [2.75, 3.05) is 4.90 Å². The predicted octanol–water partition coefficient (Wildman–Crippen LogP) is 18.0. The number of benzene rings is 11. The Morgan fingerprint density at radius 2 is 0.638 bits per heavy atom. The molecule has 11 aromatic carbocycles. The van der Waals surface area contributed by atoms with Crippen LogP contribution in [0, 0.1) is 0 Å². The number of hydrogen-bond acceptors (Lipinski definition) is 1. The molecule has 0 aliphatic heterocycles. The Balaban J connectivity index is 0.986. The lowest BCUT2D eigenvalue weighted by Crippen LogP contribution is -2.12. The fourth-order valence-electron chi connectivity index (χ4n) is 10.7. The number of para-hydroxylation sites is 5. The highest BCUT2D eigenvalue weighted by Crippen LogP contribution is 2.49. The van der Waals surface area contributed by atoms with Crippen LogP contribution >= 0.6 is 0 Å². The maximum atomic E-state index is 2.48. The first kappa shape index (κ1) is 40.1. The van der Waals surface area contributed by atoms with Gasteiger partial charge < -0.3 is 14.0 Å². The van der Waals surface area contributed by atoms with Gasteiger partial charge >= 0.3 is 0 Å². The van der Waals surface area contributed by atoms with Gasteiger partial charge in [0.05, 0.1) is 33.4 Å². The van der Waals surface area contributed by atoms with Gasteiger partial charge in [0.1, 0.15) is 0 Å². The van der Waals surface area contributed by atoms with Gasteiger partial charge in [-0.15, -0.1) is 0 Å². The standard InChI is InChI=1S/C66H45N3/c1-3-20-48(21-4-1)52-24-7-8-25-53(52)54-26-9-10-27-55(54)56-28-11-15-32-60(56)69(65-37-19-36-64-66(65)59-31-14-18-35-63(59)68(64)49-22-5-2-6-23-49)51-44-40-47(41-45-51)46-38-42-50(43-39-46)67-61-33-16-12-29-57(61)58-30-13-17-34-62(58)67/h1-45H. The lowest BCUT2D eigenvalue weighted by Gasteiger charge is -2.29. The third-order valence-corrected chi connectivity index (χ3v) is 13.8. The van der Waals surface area contributed by atoms with Gasteiger partial charge in [-0.1, -0.05) is 200 Å². The molecule has 2 aromatic heterocycles. The summed E-state index contributed by atoms with van der Waals surface area (Å²) in [6.07, 6.45) is 0. The second-order valence-corrected chi connectivity index (χ2v) is 17.6. The molecule has 0 aliphatic carbocycles. The monoisotopic (exact) mass is 879 g/mol. The smallest absolute Gasteiger partial charge is 0.0562 e. The minimum absolute atomic E-state index is 1.07. The van der Waals surface area contributed by atoms with E-state index in [2.05, 4.69) is 287 Å². The van der Waals surface area contributed by atoms with Crippen LogP contribution in [-0.2, 0) is 0 Å². The summed E-state index contributed by atoms with van der Waals surface area (Å²) in [5, 5.41) is 4.92. The highest BCUT2D eigenvalue weighted by Gasteiger charge is 2.24. The van der Waals surface area contributed by atoms with Crippen LogP contribution in [0.1, 0.15) is 0 Å². The summed E-state index contributed by atoms with van der Waals surface area (Å²) in [6.45, 7) is 0. The lowest BCUT2D eigenvalue weighted by molar-refractivity contribution is 1.18. The van der Waals surface area contributed by atoms with Crippen molar-refractivity contribution in [3.05, 3.63) is 273 Å². The molecule has 0 saturated carbocycles. The van der Waals surface area contributed by atoms with Crippen LogP contribution in [0.2, 0.25) is 0 Å². The van der Waals surface area contributed by atoms with E-state index in [0.717, 1.165) is 50.6 Å². The first-order valence-electron chi connectivity index (χ1n) is 23.7. The van der Waals surface area contributed by atoms with Gasteiger partial charge in [-0.3, -0.25) is 0 Å². The van der Waals surface area contributed by atoms with Crippen molar-refractivity contribution in [1.82, 2.24) is 9.13 Å². The molecule has 0 radical (unpaired) electrons. The summed E-state index contributed by atoms with van der Waals surface area (Å²) >= 11 is 0. The van der Waals surface area contributed by atoms with E-state index in [9.17, 15) is 0 Å². The van der Waals surface area contributed by atoms with Crippen molar-refractivity contribution in [1.29, 1.82) is 0 Å². The highest BCUT2D eigenvalue weighted by atomic mass is 15.2. The fraction of sp³-hybridized carbons (Fsp3) is 0. The predicted molar refractivity (Wildman–Crippen MR) is 292 cm³/mol. The van der Waals surface area contributed by atoms with E-state index < -0.39 is 0 Å². The van der Waals surface area contributed by atoms with Crippen LogP contribution < -0.4 is 4.90 Å². The largest absolute Gasteiger partial charge is 0.309 e. The maximum absolute atomic E-state index is 2.48. The van der Waals surface area contributed by atoms with Gasteiger partial charge in [-0.2, -0.15) is 0 Å². The van der Waals surface area contributed by atoms with Crippen LogP contribution in [0.3, 0.4) is 0 Å². The molecule has 0 fully saturated rings. The van der Waals surface area contributed by atoms with Crippen LogP contribution in [0.5, 0.6) is 0 Å². The molecule has 324 valence electrons. The SMILES string of the molecule is c1ccc(-c2ccccc2-c2ccccc2-c2ccccc2N(c2ccc(-c3ccc(-n4c5ccccc5c5ccccc54)cc3)cc2)c2cccc3c2c2ccccc2n3-c2ccccc2)cc1. The van der Waals surface area contributed by atoms with Gasteiger partial charge in [-0.25, -0.2) is 0 Å². The molecule has 0 amide bonds. The molecule has 0 atom stereocenters. The third-order valence-electron chi connectivity index (χ3n) is 13.8. The number of anilines is 3. The van der Waals surface area contributed by atoms with Crippen molar-refractivity contribution >= 4 is 60.7 Å². The first-order chi connectivity index (χ1) is 34.3. The Bertz CT molecular complexity index is 3940. The Kier molecular flexibility index (Phi) is 9.84. The van der Waals surface area contributed by atoms with E-state index in [0.29, 0.717) is 0 Å². The second kappa shape index (κ2) is 16.9. The zero-order valence-electron chi connectivity index (χ0n) is 37.8. The minimum Gasteiger partial charge on any atom is -0.309 e. The number of rotatable bonds is 9. The van der Waals surface area contributed by atoms with Crippen molar-refractivity contribution in [2.45, 2.75) is 0 Å². The zero-order chi connectivity index (χ0) is 45.7. The second-order valence-electron chi connectivity index (χ2n) is 17.6. The average molecular weight is 880 g/mol. The van der Waals surface area contributed by atoms with Crippen molar-refractivity contribution in [3.63, 3.8) is 0 Å². The summed E-state index contributed by atoms with van der Waals surface area (Å²) in [6, 6.07) is 99.1. The van der Waals surface area contributed by atoms with Gasteiger partial charge in [0.15, 0.2) is 0 Å². The summed E-state index contributed by atoms with van der Waals surface area (Å²) in [4.78, 5) is 2.48. The van der Waals surface area contributed by atoms with Crippen LogP contribution in [0.25, 0.3) is 99.5 Å². The molecular weight excluding hydrogens is 835 g/mol. The molecule has 0 spiro atoms. The summed E-state index contributed by atoms with van der Waals surface area (Å²) < 4.78 is 4.78. The quantitative estimate of drug-likeness (QED) is 0.141. The molecule has 0 N–H and O–H groups in total. The summed E-state index contributed by atoms with van der Waals surface area (Å²) in [5.74, 6) is 0. The molecule has 3 heteroatoms.